The largest absolute Gasteiger partial charge is 0.508 e. The molecule has 0 aliphatic rings. The normalized spacial score (nSPS) is 11.1. The van der Waals surface area contributed by atoms with Crippen LogP contribution >= 0.6 is 0 Å². The molecular formula is C36H23FN6O7. The second-order valence-corrected chi connectivity index (χ2v) is 10.6. The summed E-state index contributed by atoms with van der Waals surface area (Å²) < 4.78 is 32.0. The van der Waals surface area contributed by atoms with Crippen LogP contribution in [0.25, 0.3) is 34.5 Å². The van der Waals surface area contributed by atoms with Gasteiger partial charge in [0.05, 0.1) is 17.3 Å². The summed E-state index contributed by atoms with van der Waals surface area (Å²) in [6.45, 7) is 0. The quantitative estimate of drug-likeness (QED) is 0.0721. The Balaban J connectivity index is 1.14. The van der Waals surface area contributed by atoms with Gasteiger partial charge in [0, 0.05) is 16.6 Å². The Bertz CT molecular complexity index is 2370. The lowest BCUT2D eigenvalue weighted by Crippen LogP contribution is -2.13. The highest BCUT2D eigenvalue weighted by atomic mass is 19.1. The number of carbonyl (C=O) groups excluding carboxylic acids is 1. The van der Waals surface area contributed by atoms with Gasteiger partial charge in [0.15, 0.2) is 11.5 Å². The number of nitrogens with one attached hydrogen (secondary N) is 2. The third-order valence-electron chi connectivity index (χ3n) is 7.19. The van der Waals surface area contributed by atoms with Crippen molar-refractivity contribution in [3.8, 4) is 28.7 Å². The number of aromatic hydroxyl groups is 1. The van der Waals surface area contributed by atoms with E-state index in [1.54, 1.807) is 36.4 Å². The van der Waals surface area contributed by atoms with Gasteiger partial charge in [-0.2, -0.15) is 0 Å². The summed E-state index contributed by atoms with van der Waals surface area (Å²) in [6.07, 6.45) is 4.07. The molecule has 14 heteroatoms. The second-order valence-electron chi connectivity index (χ2n) is 10.6. The summed E-state index contributed by atoms with van der Waals surface area (Å²) in [5.41, 5.74) is 1.12. The van der Waals surface area contributed by atoms with Crippen molar-refractivity contribution in [1.82, 2.24) is 15.0 Å². The van der Waals surface area contributed by atoms with Crippen molar-refractivity contribution >= 4 is 52.0 Å². The fraction of sp³-hybridized carbons (Fsp3) is 0. The minimum absolute atomic E-state index is 0.0521. The van der Waals surface area contributed by atoms with E-state index >= 15 is 4.39 Å². The maximum atomic E-state index is 15.5. The summed E-state index contributed by atoms with van der Waals surface area (Å²) in [5, 5.41) is 26.6. The number of phenols is 1. The summed E-state index contributed by atoms with van der Waals surface area (Å²) in [4.78, 5) is 36.7. The number of furan rings is 1. The van der Waals surface area contributed by atoms with Crippen LogP contribution in [0.2, 0.25) is 0 Å². The number of oxazole rings is 1. The van der Waals surface area contributed by atoms with Gasteiger partial charge in [-0.05, 0) is 91.0 Å². The first kappa shape index (κ1) is 31.3. The molecule has 3 aromatic heterocycles. The number of rotatable bonds is 10. The van der Waals surface area contributed by atoms with Gasteiger partial charge < -0.3 is 29.3 Å². The van der Waals surface area contributed by atoms with Crippen LogP contribution in [0.3, 0.4) is 0 Å². The average Bonchev–Trinajstić information content (AvgIpc) is 3.81. The molecule has 3 heterocycles. The van der Waals surface area contributed by atoms with Crippen molar-refractivity contribution in [2.75, 3.05) is 10.6 Å². The predicted molar refractivity (Wildman–Crippen MR) is 182 cm³/mol. The zero-order valence-corrected chi connectivity index (χ0v) is 25.6. The maximum Gasteiger partial charge on any atom is 0.433 e. The number of benzene rings is 4. The van der Waals surface area contributed by atoms with E-state index in [1.807, 2.05) is 30.3 Å². The van der Waals surface area contributed by atoms with Gasteiger partial charge in [-0.3, -0.25) is 14.9 Å². The van der Waals surface area contributed by atoms with Crippen molar-refractivity contribution in [2.24, 2.45) is 0 Å². The zero-order chi connectivity index (χ0) is 34.6. The van der Waals surface area contributed by atoms with Gasteiger partial charge in [0.25, 0.3) is 5.91 Å². The lowest BCUT2D eigenvalue weighted by atomic mass is 10.1. The molecule has 0 saturated heterocycles. The first-order chi connectivity index (χ1) is 24.3. The van der Waals surface area contributed by atoms with Crippen LogP contribution in [0.15, 0.2) is 118 Å². The molecule has 0 spiro atoms. The van der Waals surface area contributed by atoms with Crippen molar-refractivity contribution < 1.29 is 32.8 Å². The highest BCUT2D eigenvalue weighted by Crippen LogP contribution is 2.31. The molecule has 0 aliphatic carbocycles. The van der Waals surface area contributed by atoms with E-state index in [9.17, 15) is 20.0 Å². The van der Waals surface area contributed by atoms with Crippen molar-refractivity contribution in [2.45, 2.75) is 0 Å². The van der Waals surface area contributed by atoms with E-state index < -0.39 is 22.5 Å². The van der Waals surface area contributed by atoms with E-state index in [-0.39, 0.29) is 51.3 Å². The summed E-state index contributed by atoms with van der Waals surface area (Å²) >= 11 is 0. The highest BCUT2D eigenvalue weighted by Gasteiger charge is 2.18. The Morgan fingerprint density at radius 1 is 0.900 bits per heavy atom. The first-order valence-corrected chi connectivity index (χ1v) is 14.9. The van der Waals surface area contributed by atoms with Crippen LogP contribution in [0, 0.1) is 15.9 Å². The van der Waals surface area contributed by atoms with E-state index in [4.69, 9.17) is 13.6 Å². The van der Waals surface area contributed by atoms with Gasteiger partial charge in [0.2, 0.25) is 5.89 Å². The zero-order valence-electron chi connectivity index (χ0n) is 25.6. The molecule has 0 aliphatic heterocycles. The molecule has 50 heavy (non-hydrogen) atoms. The average molecular weight is 671 g/mol. The molecule has 0 fully saturated rings. The predicted octanol–water partition coefficient (Wildman–Crippen LogP) is 8.59. The highest BCUT2D eigenvalue weighted by molar-refractivity contribution is 6.04. The van der Waals surface area contributed by atoms with E-state index in [0.29, 0.717) is 22.7 Å². The minimum atomic E-state index is -0.771. The Labute approximate surface area is 281 Å². The molecule has 246 valence electrons. The summed E-state index contributed by atoms with van der Waals surface area (Å²) in [5.74, 6) is 0.127. The number of para-hydroxylation sites is 1. The molecule has 0 unspecified atom stereocenters. The fourth-order valence-electron chi connectivity index (χ4n) is 4.79. The number of phenolic OH excluding ortho intramolecular Hbond substituents is 1. The van der Waals surface area contributed by atoms with Gasteiger partial charge in [0.1, 0.15) is 45.8 Å². The van der Waals surface area contributed by atoms with Crippen molar-refractivity contribution in [3.05, 3.63) is 143 Å². The van der Waals surface area contributed by atoms with Gasteiger partial charge in [-0.1, -0.05) is 18.2 Å². The third kappa shape index (κ3) is 6.99. The SMILES string of the molecule is O=C(Nc1cc2nc(C=Cc3ccc([N+](=O)[O-])o3)nc(Nc3ccc(O)cc3)c2cc1F)c1coc(-c2ccc(Oc3ccccc3)cc2)n1. The number of nitrogens with zero attached hydrogens (tertiary/aromatic N) is 4. The minimum Gasteiger partial charge on any atom is -0.508 e. The lowest BCUT2D eigenvalue weighted by Gasteiger charge is -2.12. The molecule has 0 radical (unpaired) electrons. The molecule has 0 atom stereocenters. The second kappa shape index (κ2) is 13.4. The lowest BCUT2D eigenvalue weighted by molar-refractivity contribution is -0.402. The molecule has 1 amide bonds. The number of fused-ring (bicyclic) bond motifs is 1. The summed E-state index contributed by atoms with van der Waals surface area (Å²) in [7, 11) is 0. The van der Waals surface area contributed by atoms with Gasteiger partial charge in [-0.15, -0.1) is 0 Å². The molecule has 7 aromatic rings. The van der Waals surface area contributed by atoms with Crippen LogP contribution in [0.1, 0.15) is 22.1 Å². The van der Waals surface area contributed by atoms with E-state index in [2.05, 4.69) is 25.6 Å². The number of amides is 1. The van der Waals surface area contributed by atoms with Gasteiger partial charge in [-0.25, -0.2) is 19.3 Å². The molecule has 3 N–H and O–H groups in total. The maximum absolute atomic E-state index is 15.5. The molecule has 4 aromatic carbocycles. The van der Waals surface area contributed by atoms with Crippen LogP contribution in [-0.2, 0) is 0 Å². The van der Waals surface area contributed by atoms with E-state index in [1.165, 1.54) is 54.8 Å². The number of anilines is 3. The molecule has 7 rings (SSSR count). The standard InChI is InChI=1S/C36H23FN6O7/c37-28-18-27-29(39-32(16-14-26-15-17-33(50-26)43(46)47)42-34(27)38-22-8-10-23(44)11-9-22)19-30(28)40-35(45)31-20-48-36(41-31)21-6-12-25(13-7-21)49-24-4-2-1-3-5-24/h1-20,44H,(H,40,45)(H,38,39,42). The Hall–Kier alpha value is -7.35. The Morgan fingerprint density at radius 3 is 2.40 bits per heavy atom. The topological polar surface area (TPSA) is 179 Å². The summed E-state index contributed by atoms with van der Waals surface area (Å²) in [6, 6.07) is 27.5. The molecular weight excluding hydrogens is 647 g/mol. The Morgan fingerprint density at radius 2 is 1.66 bits per heavy atom. The van der Waals surface area contributed by atoms with Crippen LogP contribution in [-0.4, -0.2) is 30.9 Å². The monoisotopic (exact) mass is 670 g/mol. The Kier molecular flexibility index (Phi) is 8.38. The molecule has 0 bridgehead atoms. The van der Waals surface area contributed by atoms with Crippen LogP contribution in [0.5, 0.6) is 17.2 Å². The number of carbonyl (C=O) groups is 1. The van der Waals surface area contributed by atoms with Crippen LogP contribution in [0.4, 0.5) is 27.5 Å². The van der Waals surface area contributed by atoms with E-state index in [0.717, 1.165) is 0 Å². The number of hydrogen-bond donors (Lipinski definition) is 3. The molecule has 0 saturated carbocycles. The smallest absolute Gasteiger partial charge is 0.433 e. The first-order valence-electron chi connectivity index (χ1n) is 14.9. The number of nitro groups is 1. The fourth-order valence-corrected chi connectivity index (χ4v) is 4.79. The van der Waals surface area contributed by atoms with Crippen LogP contribution < -0.4 is 15.4 Å². The number of ether oxygens (including phenoxy) is 1. The number of halogens is 1. The van der Waals surface area contributed by atoms with Crippen molar-refractivity contribution in [1.29, 1.82) is 0 Å². The number of hydrogen-bond acceptors (Lipinski definition) is 11. The third-order valence-corrected chi connectivity index (χ3v) is 7.19. The van der Waals surface area contributed by atoms with Gasteiger partial charge >= 0.3 is 5.88 Å². The van der Waals surface area contributed by atoms with Crippen molar-refractivity contribution in [3.63, 3.8) is 0 Å². The number of aromatic nitrogens is 3. The molecule has 13 nitrogen and oxygen atoms in total.